The summed E-state index contributed by atoms with van der Waals surface area (Å²) in [5.74, 6) is 0.535. The van der Waals surface area contributed by atoms with Gasteiger partial charge in [0.15, 0.2) is 5.79 Å². The number of nitrogens with two attached hydrogens (primary N) is 1. The van der Waals surface area contributed by atoms with Gasteiger partial charge in [0, 0.05) is 12.8 Å². The largest absolute Gasteiger partial charge is 0.348 e. The minimum Gasteiger partial charge on any atom is -0.348 e. The van der Waals surface area contributed by atoms with Crippen molar-refractivity contribution in [2.75, 3.05) is 19.8 Å². The van der Waals surface area contributed by atoms with Crippen molar-refractivity contribution in [3.8, 4) is 0 Å². The molecule has 0 aromatic rings. The molecule has 0 bridgehead atoms. The van der Waals surface area contributed by atoms with E-state index in [0.29, 0.717) is 0 Å². The van der Waals surface area contributed by atoms with Crippen LogP contribution in [-0.2, 0) is 9.47 Å². The minimum atomic E-state index is -0.195. The summed E-state index contributed by atoms with van der Waals surface area (Å²) < 4.78 is 11.2. The van der Waals surface area contributed by atoms with Gasteiger partial charge in [0.05, 0.1) is 13.2 Å². The number of hydrogen-bond donors (Lipinski definition) is 1. The molecule has 2 aliphatic rings. The van der Waals surface area contributed by atoms with Gasteiger partial charge in [-0.25, -0.2) is 0 Å². The summed E-state index contributed by atoms with van der Waals surface area (Å²) in [4.78, 5) is 0. The zero-order chi connectivity index (χ0) is 8.44. The Morgan fingerprint density at radius 1 is 1.33 bits per heavy atom. The van der Waals surface area contributed by atoms with Crippen molar-refractivity contribution in [2.45, 2.75) is 31.5 Å². The Kier molecular flexibility index (Phi) is 2.35. The van der Waals surface area contributed by atoms with Gasteiger partial charge in [-0.2, -0.15) is 0 Å². The fourth-order valence-corrected chi connectivity index (χ4v) is 2.31. The van der Waals surface area contributed by atoms with Crippen molar-refractivity contribution in [3.05, 3.63) is 0 Å². The van der Waals surface area contributed by atoms with Gasteiger partial charge in [-0.3, -0.25) is 0 Å². The molecule has 1 spiro atoms. The highest BCUT2D eigenvalue weighted by atomic mass is 16.7. The predicted molar refractivity (Wildman–Crippen MR) is 45.6 cm³/mol. The summed E-state index contributed by atoms with van der Waals surface area (Å²) in [7, 11) is 0. The van der Waals surface area contributed by atoms with Crippen molar-refractivity contribution in [1.82, 2.24) is 0 Å². The van der Waals surface area contributed by atoms with Crippen LogP contribution >= 0.6 is 0 Å². The van der Waals surface area contributed by atoms with Crippen LogP contribution in [-0.4, -0.2) is 25.5 Å². The van der Waals surface area contributed by atoms with E-state index in [9.17, 15) is 0 Å². The second kappa shape index (κ2) is 3.32. The van der Waals surface area contributed by atoms with Gasteiger partial charge in [-0.1, -0.05) is 0 Å². The Morgan fingerprint density at radius 2 is 2.08 bits per heavy atom. The molecule has 1 atom stereocenters. The van der Waals surface area contributed by atoms with Gasteiger partial charge in [0.2, 0.25) is 0 Å². The molecule has 0 amide bonds. The number of hydrogen-bond acceptors (Lipinski definition) is 3. The van der Waals surface area contributed by atoms with E-state index >= 15 is 0 Å². The summed E-state index contributed by atoms with van der Waals surface area (Å²) in [5, 5.41) is 0. The molecule has 1 aliphatic carbocycles. The van der Waals surface area contributed by atoms with Crippen LogP contribution in [0, 0.1) is 5.92 Å². The van der Waals surface area contributed by atoms with E-state index < -0.39 is 0 Å². The highest BCUT2D eigenvalue weighted by Gasteiger charge is 2.43. The first kappa shape index (κ1) is 8.48. The van der Waals surface area contributed by atoms with Crippen LogP contribution in [0.2, 0.25) is 0 Å². The number of ether oxygens (including phenoxy) is 2. The van der Waals surface area contributed by atoms with Crippen molar-refractivity contribution in [1.29, 1.82) is 0 Å². The molecule has 1 saturated carbocycles. The molecule has 0 aromatic carbocycles. The molecule has 1 heterocycles. The minimum absolute atomic E-state index is 0.195. The maximum Gasteiger partial charge on any atom is 0.168 e. The van der Waals surface area contributed by atoms with Crippen molar-refractivity contribution >= 4 is 0 Å². The third-order valence-electron chi connectivity index (χ3n) is 2.92. The molecule has 1 aliphatic heterocycles. The molecular formula is C9H17NO2. The smallest absolute Gasteiger partial charge is 0.168 e. The zero-order valence-electron chi connectivity index (χ0n) is 7.42. The van der Waals surface area contributed by atoms with E-state index in [4.69, 9.17) is 15.2 Å². The molecule has 0 unspecified atom stereocenters. The van der Waals surface area contributed by atoms with Gasteiger partial charge >= 0.3 is 0 Å². The van der Waals surface area contributed by atoms with E-state index in [1.54, 1.807) is 0 Å². The maximum atomic E-state index is 5.61. The second-order valence-electron chi connectivity index (χ2n) is 3.79. The Bertz CT molecular complexity index is 155. The molecule has 1 saturated heterocycles. The summed E-state index contributed by atoms with van der Waals surface area (Å²) in [6.07, 6.45) is 4.47. The maximum absolute atomic E-state index is 5.61. The Morgan fingerprint density at radius 3 is 2.75 bits per heavy atom. The number of rotatable bonds is 2. The molecule has 3 heteroatoms. The lowest BCUT2D eigenvalue weighted by Gasteiger charge is -2.21. The van der Waals surface area contributed by atoms with Crippen molar-refractivity contribution in [3.63, 3.8) is 0 Å². The molecular weight excluding hydrogens is 154 g/mol. The standard InChI is InChI=1S/C9H17NO2/c10-4-2-8-1-3-9(7-8)11-5-6-12-9/h8H,1-7,10H2/t8-/m1/s1. The van der Waals surface area contributed by atoms with Crippen molar-refractivity contribution in [2.24, 2.45) is 11.7 Å². The van der Waals surface area contributed by atoms with Crippen LogP contribution in [0.5, 0.6) is 0 Å². The molecule has 70 valence electrons. The Labute approximate surface area is 73.2 Å². The third kappa shape index (κ3) is 1.49. The SMILES string of the molecule is NCC[C@H]1CCC2(C1)OCCO2. The summed E-state index contributed by atoms with van der Waals surface area (Å²) in [5.41, 5.74) is 5.51. The summed E-state index contributed by atoms with van der Waals surface area (Å²) >= 11 is 0. The average Bonchev–Trinajstić information content (AvgIpc) is 2.65. The summed E-state index contributed by atoms with van der Waals surface area (Å²) in [6, 6.07) is 0. The van der Waals surface area contributed by atoms with Crippen molar-refractivity contribution < 1.29 is 9.47 Å². The van der Waals surface area contributed by atoms with Crippen LogP contribution in [0.25, 0.3) is 0 Å². The Hall–Kier alpha value is -0.120. The predicted octanol–water partition coefficient (Wildman–Crippen LogP) is 0.878. The summed E-state index contributed by atoms with van der Waals surface area (Å²) in [6.45, 7) is 2.34. The second-order valence-corrected chi connectivity index (χ2v) is 3.79. The van der Waals surface area contributed by atoms with Gasteiger partial charge < -0.3 is 15.2 Å². The molecule has 12 heavy (non-hydrogen) atoms. The first-order valence-electron chi connectivity index (χ1n) is 4.83. The molecule has 3 nitrogen and oxygen atoms in total. The lowest BCUT2D eigenvalue weighted by Crippen LogP contribution is -2.26. The van der Waals surface area contributed by atoms with Crippen LogP contribution in [0.3, 0.4) is 0 Å². The van der Waals surface area contributed by atoms with Gasteiger partial charge in [-0.05, 0) is 25.3 Å². The quantitative estimate of drug-likeness (QED) is 0.670. The monoisotopic (exact) mass is 171 g/mol. The highest BCUT2D eigenvalue weighted by Crippen LogP contribution is 2.41. The molecule has 0 aromatic heterocycles. The fourth-order valence-electron chi connectivity index (χ4n) is 2.31. The molecule has 2 fully saturated rings. The lowest BCUT2D eigenvalue weighted by atomic mass is 10.0. The highest BCUT2D eigenvalue weighted by molar-refractivity contribution is 4.85. The first-order chi connectivity index (χ1) is 5.85. The molecule has 0 radical (unpaired) electrons. The fraction of sp³-hybridized carbons (Fsp3) is 1.00. The molecule has 2 N–H and O–H groups in total. The first-order valence-corrected chi connectivity index (χ1v) is 4.83. The van der Waals surface area contributed by atoms with Gasteiger partial charge in [-0.15, -0.1) is 0 Å². The van der Waals surface area contributed by atoms with Gasteiger partial charge in [0.1, 0.15) is 0 Å². The van der Waals surface area contributed by atoms with E-state index in [-0.39, 0.29) is 5.79 Å². The van der Waals surface area contributed by atoms with E-state index in [0.717, 1.165) is 44.9 Å². The van der Waals surface area contributed by atoms with Crippen LogP contribution in [0.1, 0.15) is 25.7 Å². The zero-order valence-corrected chi connectivity index (χ0v) is 7.42. The van der Waals surface area contributed by atoms with E-state index in [2.05, 4.69) is 0 Å². The third-order valence-corrected chi connectivity index (χ3v) is 2.92. The lowest BCUT2D eigenvalue weighted by molar-refractivity contribution is -0.152. The van der Waals surface area contributed by atoms with E-state index in [1.165, 1.54) is 6.42 Å². The van der Waals surface area contributed by atoms with Crippen LogP contribution in [0.4, 0.5) is 0 Å². The average molecular weight is 171 g/mol. The molecule has 2 rings (SSSR count). The van der Waals surface area contributed by atoms with E-state index in [1.807, 2.05) is 0 Å². The van der Waals surface area contributed by atoms with Crippen LogP contribution < -0.4 is 5.73 Å². The normalized spacial score (nSPS) is 33.2. The van der Waals surface area contributed by atoms with Gasteiger partial charge in [0.25, 0.3) is 0 Å². The Balaban J connectivity index is 1.88. The van der Waals surface area contributed by atoms with Crippen LogP contribution in [0.15, 0.2) is 0 Å². The topological polar surface area (TPSA) is 44.5 Å².